The van der Waals surface area contributed by atoms with Crippen molar-refractivity contribution < 1.29 is 9.72 Å². The molecule has 0 unspecified atom stereocenters. The predicted octanol–water partition coefficient (Wildman–Crippen LogP) is 2.64. The minimum atomic E-state index is -0.446. The number of hydrogen-bond acceptors (Lipinski definition) is 7. The first-order valence-electron chi connectivity index (χ1n) is 8.98. The molecule has 0 aliphatic carbocycles. The summed E-state index contributed by atoms with van der Waals surface area (Å²) in [6, 6.07) is 7.94. The van der Waals surface area contributed by atoms with Crippen molar-refractivity contribution in [1.82, 2.24) is 24.6 Å². The third-order valence-corrected chi connectivity index (χ3v) is 4.18. The molecule has 3 aromatic rings. The Morgan fingerprint density at radius 2 is 1.97 bits per heavy atom. The van der Waals surface area contributed by atoms with E-state index >= 15 is 0 Å². The van der Waals surface area contributed by atoms with Gasteiger partial charge >= 0.3 is 0 Å². The maximum absolute atomic E-state index is 11.8. The molecule has 0 saturated carbocycles. The van der Waals surface area contributed by atoms with Gasteiger partial charge in [0.2, 0.25) is 5.91 Å². The van der Waals surface area contributed by atoms with Gasteiger partial charge in [-0.2, -0.15) is 5.10 Å². The van der Waals surface area contributed by atoms with Crippen LogP contribution < -0.4 is 5.32 Å². The molecule has 2 heterocycles. The van der Waals surface area contributed by atoms with Crippen molar-refractivity contribution in [2.45, 2.75) is 19.9 Å². The zero-order valence-electron chi connectivity index (χ0n) is 16.4. The number of aryl methyl sites for hydroxylation is 1. The van der Waals surface area contributed by atoms with Crippen LogP contribution in [0.25, 0.3) is 11.4 Å². The quantitative estimate of drug-likeness (QED) is 0.482. The van der Waals surface area contributed by atoms with Crippen molar-refractivity contribution >= 4 is 23.1 Å². The van der Waals surface area contributed by atoms with Crippen molar-refractivity contribution in [2.24, 2.45) is 0 Å². The largest absolute Gasteiger partial charge is 0.347 e. The molecule has 0 saturated heterocycles. The summed E-state index contributed by atoms with van der Waals surface area (Å²) < 4.78 is 1.55. The number of likely N-dealkylation sites (N-methyl/N-ethyl adjacent to an activating group) is 1. The SMILES string of the molecule is CCc1cc(Nc2cnn(CC(=O)N(C)C)c2)nc(-c2ccc([N+](=O)[O-])cc2)n1. The molecular weight excluding hydrogens is 374 g/mol. The first-order chi connectivity index (χ1) is 13.9. The molecule has 1 aromatic carbocycles. The van der Waals surface area contributed by atoms with Crippen LogP contribution in [0.4, 0.5) is 17.2 Å². The number of nitro benzene ring substituents is 1. The molecule has 0 atom stereocenters. The first kappa shape index (κ1) is 19.9. The molecule has 0 aliphatic rings. The number of nitrogens with zero attached hydrogens (tertiary/aromatic N) is 6. The van der Waals surface area contributed by atoms with Gasteiger partial charge in [0.25, 0.3) is 5.69 Å². The summed E-state index contributed by atoms with van der Waals surface area (Å²) in [6.45, 7) is 2.13. The molecule has 1 amide bonds. The minimum absolute atomic E-state index is 0.0124. The van der Waals surface area contributed by atoms with Gasteiger partial charge in [-0.05, 0) is 18.6 Å². The molecule has 0 spiro atoms. The lowest BCUT2D eigenvalue weighted by molar-refractivity contribution is -0.384. The van der Waals surface area contributed by atoms with Crippen LogP contribution in [0, 0.1) is 10.1 Å². The Kier molecular flexibility index (Phi) is 5.82. The van der Waals surface area contributed by atoms with Crippen LogP contribution in [-0.2, 0) is 17.8 Å². The molecule has 150 valence electrons. The van der Waals surface area contributed by atoms with Crippen LogP contribution in [0.5, 0.6) is 0 Å². The Morgan fingerprint density at radius 1 is 1.24 bits per heavy atom. The Hall–Kier alpha value is -3.82. The molecule has 29 heavy (non-hydrogen) atoms. The number of hydrogen-bond donors (Lipinski definition) is 1. The fourth-order valence-corrected chi connectivity index (χ4v) is 2.55. The van der Waals surface area contributed by atoms with Gasteiger partial charge in [-0.3, -0.25) is 19.6 Å². The summed E-state index contributed by atoms with van der Waals surface area (Å²) in [7, 11) is 3.38. The van der Waals surface area contributed by atoms with Crippen LogP contribution >= 0.6 is 0 Å². The van der Waals surface area contributed by atoms with Crippen molar-refractivity contribution in [2.75, 3.05) is 19.4 Å². The number of nitro groups is 1. The van der Waals surface area contributed by atoms with E-state index in [2.05, 4.69) is 20.4 Å². The summed E-state index contributed by atoms with van der Waals surface area (Å²) in [4.78, 5) is 32.7. The number of carbonyl (C=O) groups is 1. The smallest absolute Gasteiger partial charge is 0.269 e. The lowest BCUT2D eigenvalue weighted by atomic mass is 10.2. The second-order valence-corrected chi connectivity index (χ2v) is 6.57. The van der Waals surface area contributed by atoms with Gasteiger partial charge < -0.3 is 10.2 Å². The van der Waals surface area contributed by atoms with Crippen molar-refractivity contribution in [3.05, 3.63) is 58.5 Å². The zero-order valence-corrected chi connectivity index (χ0v) is 16.4. The molecule has 1 N–H and O–H groups in total. The number of non-ortho nitro benzene ring substituents is 1. The van der Waals surface area contributed by atoms with Crippen molar-refractivity contribution in [1.29, 1.82) is 0 Å². The Balaban J connectivity index is 1.83. The van der Waals surface area contributed by atoms with E-state index in [9.17, 15) is 14.9 Å². The highest BCUT2D eigenvalue weighted by Crippen LogP contribution is 2.23. The lowest BCUT2D eigenvalue weighted by Gasteiger charge is -2.10. The van der Waals surface area contributed by atoms with E-state index in [1.165, 1.54) is 17.0 Å². The van der Waals surface area contributed by atoms with Gasteiger partial charge in [0, 0.05) is 49.7 Å². The van der Waals surface area contributed by atoms with Gasteiger partial charge in [0.15, 0.2) is 5.82 Å². The number of nitrogens with one attached hydrogen (secondary N) is 1. The molecule has 0 aliphatic heterocycles. The standard InChI is InChI=1S/C19H21N7O3/c1-4-14-9-17(21-15-10-20-25(11-15)12-18(27)24(2)3)23-19(22-14)13-5-7-16(8-6-13)26(28)29/h5-11H,4,12H2,1-3H3,(H,21,22,23). The number of anilines is 2. The third kappa shape index (κ3) is 4.92. The molecule has 10 nitrogen and oxygen atoms in total. The van der Waals surface area contributed by atoms with Gasteiger partial charge in [0.05, 0.1) is 16.8 Å². The van der Waals surface area contributed by atoms with E-state index in [0.717, 1.165) is 5.69 Å². The molecule has 0 fully saturated rings. The number of rotatable bonds is 7. The van der Waals surface area contributed by atoms with Gasteiger partial charge in [-0.1, -0.05) is 6.92 Å². The second-order valence-electron chi connectivity index (χ2n) is 6.57. The maximum Gasteiger partial charge on any atom is 0.269 e. The topological polar surface area (TPSA) is 119 Å². The van der Waals surface area contributed by atoms with Crippen LogP contribution in [0.15, 0.2) is 42.7 Å². The van der Waals surface area contributed by atoms with E-state index < -0.39 is 4.92 Å². The van der Waals surface area contributed by atoms with Gasteiger partial charge in [0.1, 0.15) is 12.4 Å². The average molecular weight is 395 g/mol. The maximum atomic E-state index is 11.8. The number of aromatic nitrogens is 4. The van der Waals surface area contributed by atoms with E-state index in [-0.39, 0.29) is 18.1 Å². The Morgan fingerprint density at radius 3 is 2.59 bits per heavy atom. The molecule has 0 bridgehead atoms. The summed E-state index contributed by atoms with van der Waals surface area (Å²) in [5.74, 6) is 0.982. The zero-order chi connectivity index (χ0) is 21.0. The van der Waals surface area contributed by atoms with Crippen molar-refractivity contribution in [3.63, 3.8) is 0 Å². The fourth-order valence-electron chi connectivity index (χ4n) is 2.55. The van der Waals surface area contributed by atoms with E-state index in [0.29, 0.717) is 29.3 Å². The van der Waals surface area contributed by atoms with E-state index in [1.807, 2.05) is 13.0 Å². The third-order valence-electron chi connectivity index (χ3n) is 4.18. The Labute approximate surface area is 167 Å². The van der Waals surface area contributed by atoms with Crippen LogP contribution in [0.1, 0.15) is 12.6 Å². The van der Waals surface area contributed by atoms with E-state index in [4.69, 9.17) is 0 Å². The highest BCUT2D eigenvalue weighted by atomic mass is 16.6. The highest BCUT2D eigenvalue weighted by molar-refractivity contribution is 5.75. The van der Waals surface area contributed by atoms with Crippen LogP contribution in [-0.4, -0.2) is 49.6 Å². The second kappa shape index (κ2) is 8.46. The number of amides is 1. The van der Waals surface area contributed by atoms with Crippen LogP contribution in [0.2, 0.25) is 0 Å². The average Bonchev–Trinajstić information content (AvgIpc) is 3.14. The minimum Gasteiger partial charge on any atom is -0.347 e. The fraction of sp³-hybridized carbons (Fsp3) is 0.263. The molecule has 2 aromatic heterocycles. The molecule has 3 rings (SSSR count). The molecule has 0 radical (unpaired) electrons. The first-order valence-corrected chi connectivity index (χ1v) is 8.98. The molecular formula is C19H21N7O3. The van der Waals surface area contributed by atoms with Gasteiger partial charge in [-0.15, -0.1) is 0 Å². The summed E-state index contributed by atoms with van der Waals surface area (Å²) in [6.07, 6.45) is 4.04. The summed E-state index contributed by atoms with van der Waals surface area (Å²) >= 11 is 0. The predicted molar refractivity (Wildman–Crippen MR) is 108 cm³/mol. The lowest BCUT2D eigenvalue weighted by Crippen LogP contribution is -2.26. The monoisotopic (exact) mass is 395 g/mol. The van der Waals surface area contributed by atoms with Gasteiger partial charge in [-0.25, -0.2) is 9.97 Å². The normalized spacial score (nSPS) is 10.6. The highest BCUT2D eigenvalue weighted by Gasteiger charge is 2.11. The number of benzene rings is 1. The van der Waals surface area contributed by atoms with Crippen LogP contribution in [0.3, 0.4) is 0 Å². The Bertz CT molecular complexity index is 1030. The van der Waals surface area contributed by atoms with Crippen molar-refractivity contribution in [3.8, 4) is 11.4 Å². The summed E-state index contributed by atoms with van der Waals surface area (Å²) in [5, 5.41) is 18.2. The van der Waals surface area contributed by atoms with E-state index in [1.54, 1.807) is 43.3 Å². The summed E-state index contributed by atoms with van der Waals surface area (Å²) in [5.41, 5.74) is 2.21. The molecule has 10 heteroatoms. The number of carbonyl (C=O) groups excluding carboxylic acids is 1.